The lowest BCUT2D eigenvalue weighted by Gasteiger charge is -2.32. The molecule has 0 amide bonds. The Morgan fingerprint density at radius 3 is 2.52 bits per heavy atom. The molecule has 2 N–H and O–H groups in total. The topological polar surface area (TPSA) is 41.9 Å². The fourth-order valence-corrected chi connectivity index (χ4v) is 2.24. The third kappa shape index (κ3) is 4.86. The van der Waals surface area contributed by atoms with Crippen molar-refractivity contribution in [2.75, 3.05) is 5.32 Å². The molecule has 1 aromatic heterocycles. The lowest BCUT2D eigenvalue weighted by atomic mass is 9.87. The van der Waals surface area contributed by atoms with E-state index in [1.165, 1.54) is 0 Å². The number of nitrogens with zero attached hydrogens (tertiary/aromatic N) is 2. The molecule has 0 fully saturated rings. The molecule has 0 bridgehead atoms. The Bertz CT molecular complexity index is 558. The number of hydrogen-bond donors (Lipinski definition) is 2. The number of hydrogen-bond acceptors (Lipinski definition) is 2. The maximum atomic E-state index is 5.42. The number of nitrogens with one attached hydrogen (secondary N) is 2. The zero-order valence-corrected chi connectivity index (χ0v) is 13.5. The molecule has 1 atom stereocenters. The van der Waals surface area contributed by atoms with Gasteiger partial charge in [0.1, 0.15) is 0 Å². The molecule has 1 unspecified atom stereocenters. The summed E-state index contributed by atoms with van der Waals surface area (Å²) in [6, 6.07) is 12.0. The predicted octanol–water partition coefficient (Wildman–Crippen LogP) is 3.28. The lowest BCUT2D eigenvalue weighted by molar-refractivity contribution is 0.262. The number of para-hydroxylation sites is 1. The number of benzene rings is 1. The van der Waals surface area contributed by atoms with Crippen LogP contribution in [0.5, 0.6) is 0 Å². The minimum Gasteiger partial charge on any atom is -0.357 e. The summed E-state index contributed by atoms with van der Waals surface area (Å²) in [6.07, 6.45) is 3.76. The van der Waals surface area contributed by atoms with Crippen LogP contribution in [0.3, 0.4) is 0 Å². The smallest absolute Gasteiger partial charge is 0.171 e. The van der Waals surface area contributed by atoms with Crippen LogP contribution in [0.1, 0.15) is 20.8 Å². The molecule has 0 spiro atoms. The Morgan fingerprint density at radius 2 is 1.95 bits per heavy atom. The second kappa shape index (κ2) is 6.72. The van der Waals surface area contributed by atoms with Crippen LogP contribution < -0.4 is 10.6 Å². The van der Waals surface area contributed by atoms with Crippen molar-refractivity contribution in [2.24, 2.45) is 5.41 Å². The molecule has 0 saturated carbocycles. The molecule has 112 valence electrons. The van der Waals surface area contributed by atoms with Crippen molar-refractivity contribution in [3.05, 3.63) is 48.8 Å². The molecule has 0 aliphatic carbocycles. The number of rotatable bonds is 4. The summed E-state index contributed by atoms with van der Waals surface area (Å²) in [5, 5.41) is 11.5. The maximum absolute atomic E-state index is 5.42. The van der Waals surface area contributed by atoms with Gasteiger partial charge in [-0.25, -0.2) is 0 Å². The molecular formula is C16H22N4S. The van der Waals surface area contributed by atoms with E-state index in [1.54, 1.807) is 6.20 Å². The largest absolute Gasteiger partial charge is 0.357 e. The van der Waals surface area contributed by atoms with Crippen LogP contribution in [0.15, 0.2) is 48.8 Å². The van der Waals surface area contributed by atoms with E-state index >= 15 is 0 Å². The van der Waals surface area contributed by atoms with Crippen molar-refractivity contribution in [3.8, 4) is 0 Å². The minimum atomic E-state index is 0.0639. The van der Waals surface area contributed by atoms with Crippen molar-refractivity contribution in [1.29, 1.82) is 0 Å². The van der Waals surface area contributed by atoms with Gasteiger partial charge in [0, 0.05) is 18.1 Å². The molecule has 1 aromatic carbocycles. The molecule has 0 aliphatic rings. The van der Waals surface area contributed by atoms with Crippen molar-refractivity contribution < 1.29 is 0 Å². The van der Waals surface area contributed by atoms with Crippen LogP contribution in [0.4, 0.5) is 5.69 Å². The van der Waals surface area contributed by atoms with Crippen molar-refractivity contribution >= 4 is 23.0 Å². The molecule has 0 saturated heterocycles. The lowest BCUT2D eigenvalue weighted by Crippen LogP contribution is -2.48. The van der Waals surface area contributed by atoms with Crippen molar-refractivity contribution in [2.45, 2.75) is 33.4 Å². The van der Waals surface area contributed by atoms with Gasteiger partial charge in [-0.3, -0.25) is 4.68 Å². The fourth-order valence-electron chi connectivity index (χ4n) is 1.98. The summed E-state index contributed by atoms with van der Waals surface area (Å²) in [7, 11) is 0. The van der Waals surface area contributed by atoms with Crippen LogP contribution in [0.2, 0.25) is 0 Å². The van der Waals surface area contributed by atoms with Gasteiger partial charge in [-0.15, -0.1) is 0 Å². The standard InChI is InChI=1S/C16H22N4S/c1-16(2,3)14(12-20-11-7-10-17-20)19-15(21)18-13-8-5-4-6-9-13/h4-11,14H,12H2,1-3H3,(H2,18,19,21). The van der Waals surface area contributed by atoms with Gasteiger partial charge in [-0.05, 0) is 35.8 Å². The highest BCUT2D eigenvalue weighted by atomic mass is 32.1. The van der Waals surface area contributed by atoms with E-state index in [0.29, 0.717) is 5.11 Å². The fraction of sp³-hybridized carbons (Fsp3) is 0.375. The summed E-state index contributed by atoms with van der Waals surface area (Å²) in [5.74, 6) is 0. The zero-order valence-electron chi connectivity index (χ0n) is 12.7. The summed E-state index contributed by atoms with van der Waals surface area (Å²) in [5.41, 5.74) is 1.05. The van der Waals surface area contributed by atoms with Gasteiger partial charge in [0.25, 0.3) is 0 Å². The van der Waals surface area contributed by atoms with Gasteiger partial charge in [0.15, 0.2) is 5.11 Å². The Balaban J connectivity index is 2.00. The van der Waals surface area contributed by atoms with Gasteiger partial charge in [0.2, 0.25) is 0 Å². The summed E-state index contributed by atoms with van der Waals surface area (Å²) < 4.78 is 1.92. The van der Waals surface area contributed by atoms with Gasteiger partial charge in [0.05, 0.1) is 12.6 Å². The van der Waals surface area contributed by atoms with Crippen LogP contribution >= 0.6 is 12.2 Å². The Kier molecular flexibility index (Phi) is 4.96. The molecule has 0 radical (unpaired) electrons. The molecule has 0 aliphatic heterocycles. The van der Waals surface area contributed by atoms with Crippen molar-refractivity contribution in [1.82, 2.24) is 15.1 Å². The average Bonchev–Trinajstić information content (AvgIpc) is 2.91. The van der Waals surface area contributed by atoms with E-state index in [2.05, 4.69) is 36.5 Å². The first kappa shape index (κ1) is 15.5. The Hall–Kier alpha value is -1.88. The normalized spacial score (nSPS) is 12.7. The number of thiocarbonyl (C=S) groups is 1. The van der Waals surface area contributed by atoms with Crippen LogP contribution in [-0.4, -0.2) is 20.9 Å². The Morgan fingerprint density at radius 1 is 1.24 bits per heavy atom. The molecule has 4 nitrogen and oxygen atoms in total. The first-order valence-corrected chi connectivity index (χ1v) is 7.46. The second-order valence-corrected chi connectivity index (χ2v) is 6.52. The van der Waals surface area contributed by atoms with E-state index in [1.807, 2.05) is 47.3 Å². The highest BCUT2D eigenvalue weighted by Gasteiger charge is 2.25. The monoisotopic (exact) mass is 302 g/mol. The quantitative estimate of drug-likeness (QED) is 0.851. The highest BCUT2D eigenvalue weighted by molar-refractivity contribution is 7.80. The third-order valence-electron chi connectivity index (χ3n) is 3.31. The van der Waals surface area contributed by atoms with E-state index in [4.69, 9.17) is 12.2 Å². The predicted molar refractivity (Wildman–Crippen MR) is 91.3 cm³/mol. The first-order chi connectivity index (χ1) is 9.95. The van der Waals surface area contributed by atoms with Crippen molar-refractivity contribution in [3.63, 3.8) is 0 Å². The van der Waals surface area contributed by atoms with Gasteiger partial charge in [-0.1, -0.05) is 39.0 Å². The van der Waals surface area contributed by atoms with Gasteiger partial charge in [-0.2, -0.15) is 5.10 Å². The number of anilines is 1. The molecular weight excluding hydrogens is 280 g/mol. The van der Waals surface area contributed by atoms with E-state index < -0.39 is 0 Å². The molecule has 2 aromatic rings. The zero-order chi connectivity index (χ0) is 15.3. The second-order valence-electron chi connectivity index (χ2n) is 6.11. The number of aromatic nitrogens is 2. The summed E-state index contributed by atoms with van der Waals surface area (Å²) >= 11 is 5.42. The van der Waals surface area contributed by atoms with Crippen LogP contribution in [-0.2, 0) is 6.54 Å². The minimum absolute atomic E-state index is 0.0639. The first-order valence-electron chi connectivity index (χ1n) is 7.05. The molecule has 2 rings (SSSR count). The molecule has 1 heterocycles. The molecule has 5 heteroatoms. The SMILES string of the molecule is CC(C)(C)C(Cn1cccn1)NC(=S)Nc1ccccc1. The maximum Gasteiger partial charge on any atom is 0.171 e. The van der Waals surface area contributed by atoms with Gasteiger partial charge < -0.3 is 10.6 Å². The molecule has 21 heavy (non-hydrogen) atoms. The van der Waals surface area contributed by atoms with E-state index in [9.17, 15) is 0 Å². The third-order valence-corrected chi connectivity index (χ3v) is 3.53. The summed E-state index contributed by atoms with van der Waals surface area (Å²) in [6.45, 7) is 7.35. The highest BCUT2D eigenvalue weighted by Crippen LogP contribution is 2.21. The van der Waals surface area contributed by atoms with Crippen LogP contribution in [0.25, 0.3) is 0 Å². The summed E-state index contributed by atoms with van der Waals surface area (Å²) in [4.78, 5) is 0. The van der Waals surface area contributed by atoms with E-state index in [-0.39, 0.29) is 11.5 Å². The van der Waals surface area contributed by atoms with Crippen LogP contribution in [0, 0.1) is 5.41 Å². The van der Waals surface area contributed by atoms with E-state index in [0.717, 1.165) is 12.2 Å². The average molecular weight is 302 g/mol. The van der Waals surface area contributed by atoms with Gasteiger partial charge >= 0.3 is 0 Å². The Labute approximate surface area is 131 Å².